The van der Waals surface area contributed by atoms with Crippen LogP contribution in [-0.2, 0) is 20.8 Å². The fraction of sp³-hybridized carbons (Fsp3) is 0.455. The highest BCUT2D eigenvalue weighted by molar-refractivity contribution is 6.62. The van der Waals surface area contributed by atoms with E-state index in [9.17, 15) is 13.9 Å². The van der Waals surface area contributed by atoms with Crippen molar-refractivity contribution in [2.45, 2.75) is 64.3 Å². The van der Waals surface area contributed by atoms with Gasteiger partial charge in [0.15, 0.2) is 0 Å². The molecule has 2 aromatic rings. The van der Waals surface area contributed by atoms with Gasteiger partial charge >= 0.3 is 7.12 Å². The van der Waals surface area contributed by atoms with Crippen molar-refractivity contribution in [3.63, 3.8) is 0 Å². The molecule has 0 saturated carbocycles. The topological polar surface area (TPSA) is 38.7 Å². The Balaban J connectivity index is 1.87. The second-order valence-corrected chi connectivity index (χ2v) is 8.75. The van der Waals surface area contributed by atoms with E-state index < -0.39 is 29.8 Å². The van der Waals surface area contributed by atoms with Gasteiger partial charge in [-0.2, -0.15) is 0 Å². The van der Waals surface area contributed by atoms with E-state index in [4.69, 9.17) is 9.31 Å². The van der Waals surface area contributed by atoms with Gasteiger partial charge in [0.25, 0.3) is 5.92 Å². The van der Waals surface area contributed by atoms with Gasteiger partial charge in [-0.1, -0.05) is 42.5 Å². The molecule has 0 aromatic heterocycles. The first-order valence-corrected chi connectivity index (χ1v) is 9.41. The van der Waals surface area contributed by atoms with Crippen LogP contribution in [-0.4, -0.2) is 23.4 Å². The van der Waals surface area contributed by atoms with Gasteiger partial charge in [0.05, 0.1) is 11.2 Å². The SMILES string of the molecule is CC(F)(F)c1cccc(C(C)(O)c2ccc(B3OC(C)(C)C(C)(C)O3)cc2)c1. The molecule has 0 radical (unpaired) electrons. The van der Waals surface area contributed by atoms with Crippen molar-refractivity contribution >= 4 is 12.6 Å². The van der Waals surface area contributed by atoms with E-state index in [1.807, 2.05) is 39.8 Å². The van der Waals surface area contributed by atoms with E-state index in [0.29, 0.717) is 11.1 Å². The third-order valence-corrected chi connectivity index (χ3v) is 5.93. The van der Waals surface area contributed by atoms with Crippen molar-refractivity contribution in [1.29, 1.82) is 0 Å². The van der Waals surface area contributed by atoms with E-state index in [1.165, 1.54) is 18.2 Å². The Morgan fingerprint density at radius 3 is 1.82 bits per heavy atom. The summed E-state index contributed by atoms with van der Waals surface area (Å²) in [5, 5.41) is 11.1. The number of hydrogen-bond acceptors (Lipinski definition) is 3. The normalized spacial score (nSPS) is 20.8. The van der Waals surface area contributed by atoms with Crippen LogP contribution >= 0.6 is 0 Å². The Kier molecular flexibility index (Phi) is 4.98. The average Bonchev–Trinajstić information content (AvgIpc) is 2.82. The molecule has 0 aliphatic carbocycles. The number of rotatable bonds is 4. The first-order valence-electron chi connectivity index (χ1n) is 9.41. The second-order valence-electron chi connectivity index (χ2n) is 8.75. The Bertz CT molecular complexity index is 839. The Morgan fingerprint density at radius 2 is 1.32 bits per heavy atom. The predicted molar refractivity (Wildman–Crippen MR) is 107 cm³/mol. The van der Waals surface area contributed by atoms with Gasteiger partial charge in [0.1, 0.15) is 5.60 Å². The van der Waals surface area contributed by atoms with Crippen LogP contribution in [0.2, 0.25) is 0 Å². The van der Waals surface area contributed by atoms with Crippen LogP contribution in [0.15, 0.2) is 48.5 Å². The molecule has 28 heavy (non-hydrogen) atoms. The molecule has 1 saturated heterocycles. The standard InChI is InChI=1S/C22H27BF2O3/c1-19(2)20(3,4)28-23(27-19)18-12-10-15(11-13-18)21(5,26)16-8-7-9-17(14-16)22(6,24)25/h7-14,26H,1-6H3. The monoisotopic (exact) mass is 388 g/mol. The Hall–Kier alpha value is -1.76. The van der Waals surface area contributed by atoms with Gasteiger partial charge in [-0.3, -0.25) is 0 Å². The van der Waals surface area contributed by atoms with Crippen molar-refractivity contribution in [1.82, 2.24) is 0 Å². The molecule has 0 spiro atoms. The molecule has 0 amide bonds. The van der Waals surface area contributed by atoms with Gasteiger partial charge in [-0.25, -0.2) is 8.78 Å². The summed E-state index contributed by atoms with van der Waals surface area (Å²) >= 11 is 0. The number of aliphatic hydroxyl groups is 1. The molecular weight excluding hydrogens is 361 g/mol. The number of benzene rings is 2. The lowest BCUT2D eigenvalue weighted by molar-refractivity contribution is 0.00578. The first kappa shape index (κ1) is 21.0. The molecule has 1 unspecified atom stereocenters. The molecule has 1 heterocycles. The molecule has 3 nitrogen and oxygen atoms in total. The molecule has 6 heteroatoms. The lowest BCUT2D eigenvalue weighted by Gasteiger charge is -2.32. The van der Waals surface area contributed by atoms with Gasteiger partial charge in [0, 0.05) is 12.5 Å². The second kappa shape index (κ2) is 6.65. The third kappa shape index (κ3) is 3.73. The van der Waals surface area contributed by atoms with E-state index in [-0.39, 0.29) is 5.56 Å². The smallest absolute Gasteiger partial charge is 0.399 e. The number of halogens is 2. The summed E-state index contributed by atoms with van der Waals surface area (Å²) in [5.41, 5.74) is -0.554. The van der Waals surface area contributed by atoms with E-state index in [0.717, 1.165) is 12.4 Å². The summed E-state index contributed by atoms with van der Waals surface area (Å²) in [7, 11) is -0.494. The highest BCUT2D eigenvalue weighted by atomic mass is 19.3. The zero-order valence-electron chi connectivity index (χ0n) is 17.2. The zero-order valence-corrected chi connectivity index (χ0v) is 17.2. The fourth-order valence-electron chi connectivity index (χ4n) is 3.21. The quantitative estimate of drug-likeness (QED) is 0.792. The molecule has 1 atom stereocenters. The molecule has 1 aliphatic heterocycles. The van der Waals surface area contributed by atoms with Gasteiger partial charge in [-0.15, -0.1) is 0 Å². The number of hydrogen-bond donors (Lipinski definition) is 1. The van der Waals surface area contributed by atoms with Crippen LogP contribution in [0, 0.1) is 0 Å². The Morgan fingerprint density at radius 1 is 0.821 bits per heavy atom. The van der Waals surface area contributed by atoms with E-state index >= 15 is 0 Å². The molecule has 1 aliphatic rings. The maximum absolute atomic E-state index is 13.7. The third-order valence-electron chi connectivity index (χ3n) is 5.93. The average molecular weight is 388 g/mol. The highest BCUT2D eigenvalue weighted by Crippen LogP contribution is 2.37. The molecule has 1 N–H and O–H groups in total. The fourth-order valence-corrected chi connectivity index (χ4v) is 3.21. The van der Waals surface area contributed by atoms with Gasteiger partial charge < -0.3 is 14.4 Å². The first-order chi connectivity index (χ1) is 12.7. The summed E-state index contributed by atoms with van der Waals surface area (Å²) in [5.74, 6) is -2.97. The molecule has 1 fully saturated rings. The van der Waals surface area contributed by atoms with Gasteiger partial charge in [0.2, 0.25) is 0 Å². The van der Waals surface area contributed by atoms with Crippen LogP contribution < -0.4 is 5.46 Å². The van der Waals surface area contributed by atoms with Gasteiger partial charge in [-0.05, 0) is 57.3 Å². The lowest BCUT2D eigenvalue weighted by atomic mass is 9.77. The largest absolute Gasteiger partial charge is 0.494 e. The van der Waals surface area contributed by atoms with Crippen molar-refractivity contribution < 1.29 is 23.2 Å². The summed E-state index contributed by atoms with van der Waals surface area (Å²) in [6.07, 6.45) is 0. The van der Waals surface area contributed by atoms with Crippen molar-refractivity contribution in [2.75, 3.05) is 0 Å². The maximum atomic E-state index is 13.7. The van der Waals surface area contributed by atoms with Crippen molar-refractivity contribution in [3.8, 4) is 0 Å². The highest BCUT2D eigenvalue weighted by Gasteiger charge is 2.51. The summed E-state index contributed by atoms with van der Waals surface area (Å²) < 4.78 is 39.4. The number of alkyl halides is 2. The summed E-state index contributed by atoms with van der Waals surface area (Å²) in [4.78, 5) is 0. The minimum Gasteiger partial charge on any atom is -0.399 e. The summed E-state index contributed by atoms with van der Waals surface area (Å²) in [6.45, 7) is 10.4. The van der Waals surface area contributed by atoms with E-state index in [1.54, 1.807) is 25.1 Å². The van der Waals surface area contributed by atoms with E-state index in [2.05, 4.69) is 0 Å². The minimum absolute atomic E-state index is 0.126. The minimum atomic E-state index is -2.97. The van der Waals surface area contributed by atoms with Crippen LogP contribution in [0.1, 0.15) is 58.2 Å². The lowest BCUT2D eigenvalue weighted by Crippen LogP contribution is -2.41. The van der Waals surface area contributed by atoms with Crippen LogP contribution in [0.25, 0.3) is 0 Å². The van der Waals surface area contributed by atoms with Crippen molar-refractivity contribution in [3.05, 3.63) is 65.2 Å². The molecule has 150 valence electrons. The van der Waals surface area contributed by atoms with Crippen LogP contribution in [0.4, 0.5) is 8.78 Å². The predicted octanol–water partition coefficient (Wildman–Crippen LogP) is 4.35. The molecule has 2 aromatic carbocycles. The maximum Gasteiger partial charge on any atom is 0.494 e. The molecule has 0 bridgehead atoms. The Labute approximate surface area is 165 Å². The zero-order chi connectivity index (χ0) is 21.0. The summed E-state index contributed by atoms with van der Waals surface area (Å²) in [6, 6.07) is 13.1. The molecular formula is C22H27BF2O3. The van der Waals surface area contributed by atoms with Crippen LogP contribution in [0.3, 0.4) is 0 Å². The van der Waals surface area contributed by atoms with Crippen molar-refractivity contribution in [2.24, 2.45) is 0 Å². The van der Waals surface area contributed by atoms with Crippen LogP contribution in [0.5, 0.6) is 0 Å². The molecule has 3 rings (SSSR count).